The second-order valence-corrected chi connectivity index (χ2v) is 9.52. The fourth-order valence-electron chi connectivity index (χ4n) is 7.20. The van der Waals surface area contributed by atoms with Gasteiger partial charge in [-0.1, -0.05) is 26.0 Å². The number of aliphatic hydroxyl groups is 2. The summed E-state index contributed by atoms with van der Waals surface area (Å²) in [6, 6.07) is 0.187. The largest absolute Gasteiger partial charge is 0.390 e. The molecule has 9 atom stereocenters. The predicted molar refractivity (Wildman–Crippen MR) is 91.6 cm³/mol. The number of fused-ring (bicyclic) bond motifs is 5. The molecule has 3 nitrogen and oxygen atoms in total. The molecular weight excluding hydrogens is 286 g/mol. The van der Waals surface area contributed by atoms with Crippen LogP contribution in [0.15, 0.2) is 12.2 Å². The van der Waals surface area contributed by atoms with Crippen molar-refractivity contribution in [3.63, 3.8) is 0 Å². The van der Waals surface area contributed by atoms with Gasteiger partial charge in [-0.25, -0.2) is 0 Å². The topological polar surface area (TPSA) is 66.5 Å². The molecule has 0 saturated heterocycles. The van der Waals surface area contributed by atoms with Crippen LogP contribution in [0.3, 0.4) is 0 Å². The van der Waals surface area contributed by atoms with E-state index in [0.717, 1.165) is 32.1 Å². The van der Waals surface area contributed by atoms with Crippen LogP contribution in [0.5, 0.6) is 0 Å². The van der Waals surface area contributed by atoms with Gasteiger partial charge in [0.1, 0.15) is 0 Å². The Morgan fingerprint density at radius 1 is 1.00 bits per heavy atom. The molecule has 4 unspecified atom stereocenters. The molecule has 4 rings (SSSR count). The molecule has 130 valence electrons. The van der Waals surface area contributed by atoms with E-state index < -0.39 is 12.2 Å². The van der Waals surface area contributed by atoms with Gasteiger partial charge in [-0.05, 0) is 79.4 Å². The second-order valence-electron chi connectivity index (χ2n) is 9.52. The van der Waals surface area contributed by atoms with Crippen molar-refractivity contribution in [3.8, 4) is 0 Å². The minimum atomic E-state index is -0.608. The van der Waals surface area contributed by atoms with Crippen LogP contribution >= 0.6 is 0 Å². The fourth-order valence-corrected chi connectivity index (χ4v) is 7.20. The molecule has 0 aliphatic heterocycles. The predicted octanol–water partition coefficient (Wildman–Crippen LogP) is 2.85. The molecule has 3 heteroatoms. The van der Waals surface area contributed by atoms with E-state index in [2.05, 4.69) is 20.4 Å². The summed E-state index contributed by atoms with van der Waals surface area (Å²) in [4.78, 5) is 0. The highest BCUT2D eigenvalue weighted by molar-refractivity contribution is 5.23. The van der Waals surface area contributed by atoms with Crippen molar-refractivity contribution in [2.24, 2.45) is 40.2 Å². The Bertz CT molecular complexity index is 520. The Morgan fingerprint density at radius 2 is 1.74 bits per heavy atom. The first-order valence-electron chi connectivity index (χ1n) is 9.59. The number of aliphatic hydroxyl groups excluding tert-OH is 2. The first-order chi connectivity index (χ1) is 10.8. The van der Waals surface area contributed by atoms with Gasteiger partial charge in [0.2, 0.25) is 0 Å². The number of allylic oxidation sites excluding steroid dienone is 1. The van der Waals surface area contributed by atoms with Crippen LogP contribution in [0, 0.1) is 34.5 Å². The summed E-state index contributed by atoms with van der Waals surface area (Å²) < 4.78 is 0. The summed E-state index contributed by atoms with van der Waals surface area (Å²) in [5.41, 5.74) is 7.89. The Kier molecular flexibility index (Phi) is 3.54. The van der Waals surface area contributed by atoms with Crippen molar-refractivity contribution in [2.75, 3.05) is 0 Å². The van der Waals surface area contributed by atoms with Gasteiger partial charge in [0, 0.05) is 6.04 Å². The first-order valence-corrected chi connectivity index (χ1v) is 9.59. The monoisotopic (exact) mass is 319 g/mol. The van der Waals surface area contributed by atoms with Gasteiger partial charge in [0.05, 0.1) is 12.2 Å². The lowest BCUT2D eigenvalue weighted by molar-refractivity contribution is -0.210. The average Bonchev–Trinajstić information content (AvgIpc) is 2.82. The minimum absolute atomic E-state index is 0.143. The number of nitrogens with two attached hydrogens (primary N) is 1. The summed E-state index contributed by atoms with van der Waals surface area (Å²) in [6.07, 6.45) is 6.45. The van der Waals surface area contributed by atoms with E-state index in [1.807, 2.05) is 0 Å². The third-order valence-corrected chi connectivity index (χ3v) is 8.75. The van der Waals surface area contributed by atoms with Crippen molar-refractivity contribution in [1.29, 1.82) is 0 Å². The summed E-state index contributed by atoms with van der Waals surface area (Å²) in [5.74, 6) is 1.42. The molecule has 4 aliphatic carbocycles. The Balaban J connectivity index is 1.73. The molecule has 0 aromatic rings. The van der Waals surface area contributed by atoms with Crippen LogP contribution in [-0.4, -0.2) is 28.5 Å². The van der Waals surface area contributed by atoms with Gasteiger partial charge in [-0.15, -0.1) is 0 Å². The summed E-state index contributed by atoms with van der Waals surface area (Å²) in [7, 11) is 0. The maximum absolute atomic E-state index is 11.0. The normalized spacial score (nSPS) is 59.2. The van der Waals surface area contributed by atoms with Crippen molar-refractivity contribution in [1.82, 2.24) is 0 Å². The van der Waals surface area contributed by atoms with E-state index in [4.69, 9.17) is 5.73 Å². The highest BCUT2D eigenvalue weighted by atomic mass is 16.3. The van der Waals surface area contributed by atoms with Gasteiger partial charge in [-0.3, -0.25) is 0 Å². The smallest absolute Gasteiger partial charge is 0.0836 e. The molecule has 0 heterocycles. The number of hydrogen-bond donors (Lipinski definition) is 3. The van der Waals surface area contributed by atoms with Crippen LogP contribution in [0.1, 0.15) is 58.8 Å². The maximum Gasteiger partial charge on any atom is 0.0836 e. The molecular formula is C20H33NO2. The summed E-state index contributed by atoms with van der Waals surface area (Å²) in [6.45, 7) is 9.07. The van der Waals surface area contributed by atoms with Crippen LogP contribution in [0.25, 0.3) is 0 Å². The van der Waals surface area contributed by atoms with E-state index >= 15 is 0 Å². The van der Waals surface area contributed by atoms with Crippen molar-refractivity contribution in [3.05, 3.63) is 12.2 Å². The van der Waals surface area contributed by atoms with Crippen molar-refractivity contribution in [2.45, 2.75) is 77.0 Å². The highest BCUT2D eigenvalue weighted by Crippen LogP contribution is 2.66. The summed E-state index contributed by atoms with van der Waals surface area (Å²) in [5, 5.41) is 22.0. The van der Waals surface area contributed by atoms with Crippen LogP contribution in [0.4, 0.5) is 0 Å². The Labute approximate surface area is 140 Å². The molecule has 4 fully saturated rings. The van der Waals surface area contributed by atoms with Gasteiger partial charge >= 0.3 is 0 Å². The Hall–Kier alpha value is -0.380. The zero-order valence-electron chi connectivity index (χ0n) is 14.7. The molecule has 4 aliphatic rings. The maximum atomic E-state index is 11.0. The molecule has 4 N–H and O–H groups in total. The van der Waals surface area contributed by atoms with E-state index in [9.17, 15) is 10.2 Å². The van der Waals surface area contributed by atoms with Gasteiger partial charge in [-0.2, -0.15) is 0 Å². The van der Waals surface area contributed by atoms with Crippen molar-refractivity contribution < 1.29 is 10.2 Å². The van der Waals surface area contributed by atoms with Gasteiger partial charge in [0.25, 0.3) is 0 Å². The van der Waals surface area contributed by atoms with E-state index in [0.29, 0.717) is 11.8 Å². The average molecular weight is 319 g/mol. The van der Waals surface area contributed by atoms with Crippen LogP contribution in [0.2, 0.25) is 0 Å². The minimum Gasteiger partial charge on any atom is -0.390 e. The molecule has 0 spiro atoms. The zero-order chi connectivity index (χ0) is 16.6. The van der Waals surface area contributed by atoms with E-state index in [1.54, 1.807) is 0 Å². The molecule has 0 radical (unpaired) electrons. The van der Waals surface area contributed by atoms with E-state index in [-0.39, 0.29) is 28.7 Å². The zero-order valence-corrected chi connectivity index (χ0v) is 14.7. The third-order valence-electron chi connectivity index (χ3n) is 8.75. The Morgan fingerprint density at radius 3 is 2.48 bits per heavy atom. The highest BCUT2D eigenvalue weighted by Gasteiger charge is 2.63. The third kappa shape index (κ3) is 1.99. The lowest BCUT2D eigenvalue weighted by Gasteiger charge is -2.63. The molecule has 0 aromatic carbocycles. The fraction of sp³-hybridized carbons (Fsp3) is 0.900. The molecule has 0 aromatic heterocycles. The molecule has 0 amide bonds. The van der Waals surface area contributed by atoms with Gasteiger partial charge in [0.15, 0.2) is 0 Å². The second kappa shape index (κ2) is 5.06. The standard InChI is InChI=1S/C20H33NO2/c1-11-4-5-13-16-14(7-9-19(11,13)2)20(3)8-6-12(21)10-15(20)17(22)18(16)23/h12-18,22-23H,1,4-10,21H2,2-3H3/t12-,13?,14?,15?,16?,17+,18+,19+,20+/m0/s1. The van der Waals surface area contributed by atoms with Crippen molar-refractivity contribution >= 4 is 0 Å². The number of rotatable bonds is 0. The quantitative estimate of drug-likeness (QED) is 0.602. The first kappa shape index (κ1) is 16.1. The lowest BCUT2D eigenvalue weighted by atomic mass is 9.43. The SMILES string of the molecule is C=C1CCC2C3C(CC[C@]12C)[C@@]1(C)CC[C@H](N)CC1[C@@H](O)[C@@H]3O. The van der Waals surface area contributed by atoms with Gasteiger partial charge < -0.3 is 15.9 Å². The molecule has 0 bridgehead atoms. The lowest BCUT2D eigenvalue weighted by Crippen LogP contribution is -2.64. The number of hydrogen-bond acceptors (Lipinski definition) is 3. The van der Waals surface area contributed by atoms with Crippen LogP contribution < -0.4 is 5.73 Å². The molecule has 23 heavy (non-hydrogen) atoms. The van der Waals surface area contributed by atoms with Crippen LogP contribution in [-0.2, 0) is 0 Å². The molecule has 4 saturated carbocycles. The van der Waals surface area contributed by atoms with E-state index in [1.165, 1.54) is 18.4 Å². The summed E-state index contributed by atoms with van der Waals surface area (Å²) >= 11 is 0.